The number of carbonyl (C=O) groups excluding carboxylic acids is 3. The van der Waals surface area contributed by atoms with Gasteiger partial charge in [-0.15, -0.1) is 0 Å². The highest BCUT2D eigenvalue weighted by Gasteiger charge is 2.39. The third kappa shape index (κ3) is 6.08. The van der Waals surface area contributed by atoms with Crippen LogP contribution in [0.25, 0.3) is 6.08 Å². The summed E-state index contributed by atoms with van der Waals surface area (Å²) in [5.41, 5.74) is 2.24. The van der Waals surface area contributed by atoms with Crippen LogP contribution in [0.3, 0.4) is 0 Å². The number of amides is 4. The van der Waals surface area contributed by atoms with Gasteiger partial charge >= 0.3 is 6.03 Å². The lowest BCUT2D eigenvalue weighted by Crippen LogP contribution is -2.50. The molecule has 1 atom stereocenters. The molecule has 0 unspecified atom stereocenters. The Morgan fingerprint density at radius 2 is 1.61 bits per heavy atom. The summed E-state index contributed by atoms with van der Waals surface area (Å²) in [6.07, 6.45) is 4.86. The predicted molar refractivity (Wildman–Crippen MR) is 127 cm³/mol. The van der Waals surface area contributed by atoms with Crippen molar-refractivity contribution in [3.63, 3.8) is 0 Å². The fourth-order valence-corrected chi connectivity index (χ4v) is 4.20. The quantitative estimate of drug-likeness (QED) is 0.632. The number of benzene rings is 2. The lowest BCUT2D eigenvalue weighted by Gasteiger charge is -2.34. The molecule has 0 spiro atoms. The minimum absolute atomic E-state index is 0.0142. The molecule has 4 amide bonds. The first kappa shape index (κ1) is 22.7. The first-order valence-electron chi connectivity index (χ1n) is 11.5. The summed E-state index contributed by atoms with van der Waals surface area (Å²) in [6, 6.07) is 18.7. The van der Waals surface area contributed by atoms with E-state index in [0.29, 0.717) is 26.1 Å². The molecular formula is C26H30N4O3. The second-order valence-electron chi connectivity index (χ2n) is 8.43. The zero-order valence-corrected chi connectivity index (χ0v) is 18.7. The molecule has 1 N–H and O–H groups in total. The third-order valence-electron chi connectivity index (χ3n) is 6.15. The molecular weight excluding hydrogens is 416 g/mol. The largest absolute Gasteiger partial charge is 0.340 e. The van der Waals surface area contributed by atoms with E-state index in [4.69, 9.17) is 0 Å². The monoisotopic (exact) mass is 446 g/mol. The SMILES string of the molecule is O=C(C[C@@H]1NC(=O)N(CCc2ccccc2)C1=O)N1CCN(C/C=C/c2ccccc2)CC1. The highest BCUT2D eigenvalue weighted by Crippen LogP contribution is 2.14. The Kier molecular flexibility index (Phi) is 7.52. The van der Waals surface area contributed by atoms with Gasteiger partial charge in [0.1, 0.15) is 6.04 Å². The number of hydrogen-bond acceptors (Lipinski definition) is 4. The van der Waals surface area contributed by atoms with E-state index < -0.39 is 12.1 Å². The fourth-order valence-electron chi connectivity index (χ4n) is 4.20. The third-order valence-corrected chi connectivity index (χ3v) is 6.15. The van der Waals surface area contributed by atoms with Crippen molar-refractivity contribution >= 4 is 23.9 Å². The van der Waals surface area contributed by atoms with Gasteiger partial charge in [0.2, 0.25) is 5.91 Å². The van der Waals surface area contributed by atoms with E-state index in [9.17, 15) is 14.4 Å². The summed E-state index contributed by atoms with van der Waals surface area (Å²) in [6.45, 7) is 3.99. The minimum atomic E-state index is -0.771. The van der Waals surface area contributed by atoms with Crippen molar-refractivity contribution in [3.8, 4) is 0 Å². The predicted octanol–water partition coefficient (Wildman–Crippen LogP) is 2.40. The van der Waals surface area contributed by atoms with Crippen LogP contribution in [-0.4, -0.2) is 77.9 Å². The van der Waals surface area contributed by atoms with Gasteiger partial charge in [-0.2, -0.15) is 0 Å². The van der Waals surface area contributed by atoms with Gasteiger partial charge in [0.15, 0.2) is 0 Å². The van der Waals surface area contributed by atoms with Gasteiger partial charge in [0.25, 0.3) is 5.91 Å². The normalized spacial score (nSPS) is 19.3. The molecule has 2 aromatic rings. The molecule has 2 fully saturated rings. The Balaban J connectivity index is 1.20. The van der Waals surface area contributed by atoms with Crippen molar-refractivity contribution in [3.05, 3.63) is 77.9 Å². The first-order valence-corrected chi connectivity index (χ1v) is 11.5. The number of nitrogens with zero attached hydrogens (tertiary/aromatic N) is 3. The van der Waals surface area contributed by atoms with E-state index >= 15 is 0 Å². The summed E-state index contributed by atoms with van der Waals surface area (Å²) in [4.78, 5) is 43.1. The number of urea groups is 1. The number of carbonyl (C=O) groups is 3. The van der Waals surface area contributed by atoms with Gasteiger partial charge in [-0.1, -0.05) is 72.8 Å². The van der Waals surface area contributed by atoms with Gasteiger partial charge in [0, 0.05) is 39.3 Å². The summed E-state index contributed by atoms with van der Waals surface area (Å²) in [5.74, 6) is -0.396. The lowest BCUT2D eigenvalue weighted by atomic mass is 10.1. The van der Waals surface area contributed by atoms with E-state index in [2.05, 4.69) is 34.5 Å². The molecule has 2 aliphatic heterocycles. The van der Waals surface area contributed by atoms with Crippen LogP contribution < -0.4 is 5.32 Å². The molecule has 7 heteroatoms. The molecule has 33 heavy (non-hydrogen) atoms. The summed E-state index contributed by atoms with van der Waals surface area (Å²) >= 11 is 0. The molecule has 2 saturated heterocycles. The van der Waals surface area contributed by atoms with Crippen LogP contribution >= 0.6 is 0 Å². The Bertz CT molecular complexity index is 985. The molecule has 2 aliphatic rings. The molecule has 0 bridgehead atoms. The van der Waals surface area contributed by atoms with Gasteiger partial charge in [-0.3, -0.25) is 19.4 Å². The van der Waals surface area contributed by atoms with E-state index in [0.717, 1.165) is 25.2 Å². The van der Waals surface area contributed by atoms with Crippen molar-refractivity contribution in [2.24, 2.45) is 0 Å². The molecule has 0 radical (unpaired) electrons. The maximum atomic E-state index is 12.8. The Morgan fingerprint density at radius 1 is 0.939 bits per heavy atom. The van der Waals surface area contributed by atoms with Crippen LogP contribution in [-0.2, 0) is 16.0 Å². The summed E-state index contributed by atoms with van der Waals surface area (Å²) in [7, 11) is 0. The highest BCUT2D eigenvalue weighted by molar-refractivity contribution is 6.05. The Hall–Kier alpha value is -3.45. The maximum Gasteiger partial charge on any atom is 0.324 e. The maximum absolute atomic E-state index is 12.8. The molecule has 4 rings (SSSR count). The molecule has 2 aromatic carbocycles. The van der Waals surface area contributed by atoms with Crippen LogP contribution in [0.2, 0.25) is 0 Å². The molecule has 172 valence electrons. The Labute approximate surface area is 194 Å². The van der Waals surface area contributed by atoms with Crippen LogP contribution in [0, 0.1) is 0 Å². The number of imide groups is 1. The lowest BCUT2D eigenvalue weighted by molar-refractivity contribution is -0.136. The van der Waals surface area contributed by atoms with Crippen molar-refractivity contribution in [1.29, 1.82) is 0 Å². The van der Waals surface area contributed by atoms with Gasteiger partial charge in [-0.05, 0) is 17.5 Å². The van der Waals surface area contributed by atoms with E-state index in [1.54, 1.807) is 4.90 Å². The zero-order valence-electron chi connectivity index (χ0n) is 18.7. The molecule has 0 aliphatic carbocycles. The van der Waals surface area contributed by atoms with E-state index in [-0.39, 0.29) is 18.2 Å². The van der Waals surface area contributed by atoms with Crippen molar-refractivity contribution in [1.82, 2.24) is 20.0 Å². The fraction of sp³-hybridized carbons (Fsp3) is 0.346. The highest BCUT2D eigenvalue weighted by atomic mass is 16.2. The number of nitrogens with one attached hydrogen (secondary N) is 1. The summed E-state index contributed by atoms with van der Waals surface area (Å²) in [5, 5.41) is 2.68. The number of rotatable bonds is 8. The van der Waals surface area contributed by atoms with Gasteiger partial charge in [0.05, 0.1) is 6.42 Å². The van der Waals surface area contributed by atoms with Crippen molar-refractivity contribution in [2.75, 3.05) is 39.3 Å². The van der Waals surface area contributed by atoms with Crippen LogP contribution in [0.4, 0.5) is 4.79 Å². The molecule has 0 saturated carbocycles. The number of hydrogen-bond donors (Lipinski definition) is 1. The summed E-state index contributed by atoms with van der Waals surface area (Å²) < 4.78 is 0. The average molecular weight is 447 g/mol. The number of piperazine rings is 1. The second kappa shape index (κ2) is 10.9. The van der Waals surface area contributed by atoms with Crippen molar-refractivity contribution < 1.29 is 14.4 Å². The zero-order chi connectivity index (χ0) is 23.0. The van der Waals surface area contributed by atoms with Gasteiger partial charge in [-0.25, -0.2) is 4.79 Å². The molecule has 0 aromatic heterocycles. The van der Waals surface area contributed by atoms with E-state index in [1.165, 1.54) is 10.5 Å². The van der Waals surface area contributed by atoms with E-state index in [1.807, 2.05) is 48.5 Å². The standard InChI is InChI=1S/C26H30N4O3/c31-24(29-18-16-28(17-19-29)14-7-12-21-8-3-1-4-9-21)20-23-25(32)30(26(33)27-23)15-13-22-10-5-2-6-11-22/h1-12,23H,13-20H2,(H,27,33)/b12-7+/t23-/m0/s1. The van der Waals surface area contributed by atoms with Gasteiger partial charge < -0.3 is 10.2 Å². The van der Waals surface area contributed by atoms with Crippen LogP contribution in [0.15, 0.2) is 66.7 Å². The Morgan fingerprint density at radius 3 is 2.30 bits per heavy atom. The first-order chi connectivity index (χ1) is 16.1. The molecule has 2 heterocycles. The molecule has 7 nitrogen and oxygen atoms in total. The van der Waals surface area contributed by atoms with Crippen LogP contribution in [0.5, 0.6) is 0 Å². The minimum Gasteiger partial charge on any atom is -0.340 e. The topological polar surface area (TPSA) is 73.0 Å². The average Bonchev–Trinajstić information content (AvgIpc) is 3.11. The smallest absolute Gasteiger partial charge is 0.324 e. The second-order valence-corrected chi connectivity index (χ2v) is 8.43. The van der Waals surface area contributed by atoms with Crippen LogP contribution in [0.1, 0.15) is 17.5 Å². The van der Waals surface area contributed by atoms with Crippen molar-refractivity contribution in [2.45, 2.75) is 18.9 Å².